The van der Waals surface area contributed by atoms with E-state index in [4.69, 9.17) is 0 Å². The summed E-state index contributed by atoms with van der Waals surface area (Å²) < 4.78 is 14.7. The van der Waals surface area contributed by atoms with Gasteiger partial charge in [-0.2, -0.15) is 0 Å². The standard InChI is InChI=1S/C19H20FN3O2S2/c1-4-23(5-2)15(24)11-27-19-21-17-16(18(25)22(19)3)14(10-26-17)12-6-8-13(20)9-7-12/h6-10H,4-5,11H2,1-3H3. The highest BCUT2D eigenvalue weighted by atomic mass is 32.2. The summed E-state index contributed by atoms with van der Waals surface area (Å²) in [5, 5.41) is 2.90. The van der Waals surface area contributed by atoms with Crippen molar-refractivity contribution in [3.05, 3.63) is 45.8 Å². The first-order chi connectivity index (χ1) is 13.0. The molecule has 0 spiro atoms. The van der Waals surface area contributed by atoms with E-state index in [1.807, 2.05) is 19.2 Å². The molecule has 0 bridgehead atoms. The number of fused-ring (bicyclic) bond motifs is 1. The molecule has 0 unspecified atom stereocenters. The SMILES string of the molecule is CCN(CC)C(=O)CSc1nc2scc(-c3ccc(F)cc3)c2c(=O)n1C. The van der Waals surface area contributed by atoms with Crippen molar-refractivity contribution in [1.29, 1.82) is 0 Å². The predicted molar refractivity (Wildman–Crippen MR) is 109 cm³/mol. The monoisotopic (exact) mass is 405 g/mol. The second kappa shape index (κ2) is 8.22. The molecule has 0 aliphatic carbocycles. The number of halogens is 1. The van der Waals surface area contributed by atoms with Gasteiger partial charge in [0.15, 0.2) is 5.16 Å². The number of thioether (sulfide) groups is 1. The molecule has 0 atom stereocenters. The second-order valence-corrected chi connectivity index (χ2v) is 7.75. The lowest BCUT2D eigenvalue weighted by Gasteiger charge is -2.18. The van der Waals surface area contributed by atoms with Crippen molar-refractivity contribution in [3.8, 4) is 11.1 Å². The van der Waals surface area contributed by atoms with Crippen LogP contribution in [0.3, 0.4) is 0 Å². The Morgan fingerprint density at radius 1 is 1.26 bits per heavy atom. The minimum atomic E-state index is -0.319. The van der Waals surface area contributed by atoms with Gasteiger partial charge in [0.05, 0.1) is 11.1 Å². The Bertz CT molecular complexity index is 1020. The van der Waals surface area contributed by atoms with Crippen molar-refractivity contribution in [2.75, 3.05) is 18.8 Å². The van der Waals surface area contributed by atoms with Crippen LogP contribution in [0.15, 0.2) is 39.6 Å². The first kappa shape index (κ1) is 19.6. The maximum absolute atomic E-state index is 13.2. The number of carbonyl (C=O) groups excluding carboxylic acids is 1. The average Bonchev–Trinajstić information content (AvgIpc) is 3.09. The van der Waals surface area contributed by atoms with Crippen LogP contribution in [0.25, 0.3) is 21.3 Å². The largest absolute Gasteiger partial charge is 0.343 e. The lowest BCUT2D eigenvalue weighted by atomic mass is 10.1. The molecule has 8 heteroatoms. The fourth-order valence-corrected chi connectivity index (χ4v) is 4.68. The van der Waals surface area contributed by atoms with E-state index in [1.165, 1.54) is 39.8 Å². The van der Waals surface area contributed by atoms with Crippen LogP contribution in [0.1, 0.15) is 13.8 Å². The molecule has 1 amide bonds. The zero-order chi connectivity index (χ0) is 19.6. The van der Waals surface area contributed by atoms with Crippen LogP contribution >= 0.6 is 23.1 Å². The zero-order valence-electron chi connectivity index (χ0n) is 15.4. The van der Waals surface area contributed by atoms with Gasteiger partial charge in [-0.25, -0.2) is 9.37 Å². The number of hydrogen-bond acceptors (Lipinski definition) is 5. The van der Waals surface area contributed by atoms with E-state index in [1.54, 1.807) is 24.1 Å². The molecule has 1 aromatic carbocycles. The van der Waals surface area contributed by atoms with E-state index in [9.17, 15) is 14.0 Å². The van der Waals surface area contributed by atoms with Crippen LogP contribution in [0, 0.1) is 5.82 Å². The molecule has 2 aromatic heterocycles. The Hall–Kier alpha value is -2.19. The van der Waals surface area contributed by atoms with E-state index in [0.717, 1.165) is 11.1 Å². The molecule has 3 rings (SSSR count). The molecule has 5 nitrogen and oxygen atoms in total. The fraction of sp³-hybridized carbons (Fsp3) is 0.316. The molecule has 0 saturated carbocycles. The molecule has 142 valence electrons. The van der Waals surface area contributed by atoms with Crippen molar-refractivity contribution in [2.24, 2.45) is 7.05 Å². The van der Waals surface area contributed by atoms with Crippen molar-refractivity contribution in [2.45, 2.75) is 19.0 Å². The van der Waals surface area contributed by atoms with E-state index in [0.29, 0.717) is 28.5 Å². The van der Waals surface area contributed by atoms with Gasteiger partial charge in [-0.3, -0.25) is 14.2 Å². The lowest BCUT2D eigenvalue weighted by Crippen LogP contribution is -2.32. The van der Waals surface area contributed by atoms with Crippen molar-refractivity contribution in [1.82, 2.24) is 14.5 Å². The van der Waals surface area contributed by atoms with Crippen LogP contribution in [-0.4, -0.2) is 39.2 Å². The van der Waals surface area contributed by atoms with Gasteiger partial charge in [0.25, 0.3) is 5.56 Å². The summed E-state index contributed by atoms with van der Waals surface area (Å²) in [6, 6.07) is 6.06. The Morgan fingerprint density at radius 2 is 1.93 bits per heavy atom. The second-order valence-electron chi connectivity index (χ2n) is 5.95. The maximum atomic E-state index is 13.2. The highest BCUT2D eigenvalue weighted by Gasteiger charge is 2.17. The predicted octanol–water partition coefficient (Wildman–Crippen LogP) is 3.76. The highest BCUT2D eigenvalue weighted by Crippen LogP contribution is 2.32. The van der Waals surface area contributed by atoms with Gasteiger partial charge in [-0.15, -0.1) is 11.3 Å². The number of carbonyl (C=O) groups is 1. The van der Waals surface area contributed by atoms with Gasteiger partial charge in [0.2, 0.25) is 5.91 Å². The number of thiophene rings is 1. The van der Waals surface area contributed by atoms with E-state index >= 15 is 0 Å². The molecule has 0 radical (unpaired) electrons. The Kier molecular flexibility index (Phi) is 5.96. The summed E-state index contributed by atoms with van der Waals surface area (Å²) in [6.45, 7) is 5.20. The van der Waals surface area contributed by atoms with Crippen LogP contribution < -0.4 is 5.56 Å². The van der Waals surface area contributed by atoms with Crippen LogP contribution in [0.2, 0.25) is 0 Å². The van der Waals surface area contributed by atoms with Crippen LogP contribution in [0.5, 0.6) is 0 Å². The van der Waals surface area contributed by atoms with Gasteiger partial charge in [-0.1, -0.05) is 23.9 Å². The first-order valence-electron chi connectivity index (χ1n) is 8.61. The molecule has 3 aromatic rings. The fourth-order valence-electron chi connectivity index (χ4n) is 2.82. The Balaban J connectivity index is 1.95. The van der Waals surface area contributed by atoms with Crippen molar-refractivity contribution in [3.63, 3.8) is 0 Å². The van der Waals surface area contributed by atoms with Crippen LogP contribution in [-0.2, 0) is 11.8 Å². The van der Waals surface area contributed by atoms with E-state index in [-0.39, 0.29) is 23.0 Å². The lowest BCUT2D eigenvalue weighted by molar-refractivity contribution is -0.127. The molecule has 0 aliphatic rings. The molecular formula is C19H20FN3O2S2. The molecule has 27 heavy (non-hydrogen) atoms. The summed E-state index contributed by atoms with van der Waals surface area (Å²) in [5.74, 6) is -0.0534. The van der Waals surface area contributed by atoms with Gasteiger partial charge < -0.3 is 4.90 Å². The van der Waals surface area contributed by atoms with Gasteiger partial charge >= 0.3 is 0 Å². The topological polar surface area (TPSA) is 55.2 Å². The number of aromatic nitrogens is 2. The van der Waals surface area contributed by atoms with Crippen molar-refractivity contribution >= 4 is 39.2 Å². The zero-order valence-corrected chi connectivity index (χ0v) is 17.0. The number of rotatable bonds is 6. The summed E-state index contributed by atoms with van der Waals surface area (Å²) in [5.41, 5.74) is 1.36. The molecule has 0 aliphatic heterocycles. The smallest absolute Gasteiger partial charge is 0.263 e. The quantitative estimate of drug-likeness (QED) is 0.463. The molecule has 0 N–H and O–H groups in total. The molecule has 0 saturated heterocycles. The summed E-state index contributed by atoms with van der Waals surface area (Å²) in [4.78, 5) is 32.1. The Morgan fingerprint density at radius 3 is 2.56 bits per heavy atom. The highest BCUT2D eigenvalue weighted by molar-refractivity contribution is 7.99. The first-order valence-corrected chi connectivity index (χ1v) is 10.5. The van der Waals surface area contributed by atoms with E-state index < -0.39 is 0 Å². The summed E-state index contributed by atoms with van der Waals surface area (Å²) in [6.07, 6.45) is 0. The molecule has 0 fully saturated rings. The number of benzene rings is 1. The average molecular weight is 406 g/mol. The van der Waals surface area contributed by atoms with Gasteiger partial charge in [0, 0.05) is 31.1 Å². The van der Waals surface area contributed by atoms with Gasteiger partial charge in [0.1, 0.15) is 10.6 Å². The summed E-state index contributed by atoms with van der Waals surface area (Å²) in [7, 11) is 1.66. The van der Waals surface area contributed by atoms with Gasteiger partial charge in [-0.05, 0) is 31.5 Å². The third-order valence-corrected chi connectivity index (χ3v) is 6.26. The number of amides is 1. The minimum absolute atomic E-state index is 0.0255. The normalized spacial score (nSPS) is 11.1. The summed E-state index contributed by atoms with van der Waals surface area (Å²) >= 11 is 2.64. The Labute approximate surface area is 164 Å². The minimum Gasteiger partial charge on any atom is -0.343 e. The third-order valence-electron chi connectivity index (χ3n) is 4.37. The number of nitrogens with zero attached hydrogens (tertiary/aromatic N) is 3. The maximum Gasteiger partial charge on any atom is 0.263 e. The number of hydrogen-bond donors (Lipinski definition) is 0. The van der Waals surface area contributed by atoms with E-state index in [2.05, 4.69) is 4.98 Å². The van der Waals surface area contributed by atoms with Crippen LogP contribution in [0.4, 0.5) is 4.39 Å². The molecular weight excluding hydrogens is 385 g/mol. The molecule has 2 heterocycles. The van der Waals surface area contributed by atoms with Crippen molar-refractivity contribution < 1.29 is 9.18 Å². The third kappa shape index (κ3) is 3.91.